The van der Waals surface area contributed by atoms with Crippen molar-refractivity contribution in [2.75, 3.05) is 21.3 Å². The Bertz CT molecular complexity index is 511. The number of esters is 2. The molecule has 0 aliphatic carbocycles. The lowest BCUT2D eigenvalue weighted by atomic mass is 9.98. The van der Waals surface area contributed by atoms with Gasteiger partial charge in [0.25, 0.3) is 0 Å². The Labute approximate surface area is 132 Å². The maximum Gasteiger partial charge on any atom is 0.320 e. The predicted molar refractivity (Wildman–Crippen MR) is 81.3 cm³/mol. The van der Waals surface area contributed by atoms with Gasteiger partial charge in [0.2, 0.25) is 0 Å². The molecule has 0 bridgehead atoms. The van der Waals surface area contributed by atoms with E-state index in [1.54, 1.807) is 7.11 Å². The molecule has 0 aromatic heterocycles. The van der Waals surface area contributed by atoms with Crippen LogP contribution in [-0.4, -0.2) is 33.3 Å². The smallest absolute Gasteiger partial charge is 0.320 e. The third-order valence-electron chi connectivity index (χ3n) is 3.24. The normalized spacial score (nSPS) is 10.4. The summed E-state index contributed by atoms with van der Waals surface area (Å²) >= 11 is 3.47. The highest BCUT2D eigenvalue weighted by molar-refractivity contribution is 9.10. The van der Waals surface area contributed by atoms with E-state index in [1.807, 2.05) is 19.1 Å². The number of aryl methyl sites for hydroxylation is 2. The molecule has 1 aromatic carbocycles. The van der Waals surface area contributed by atoms with Gasteiger partial charge in [-0.1, -0.05) is 22.0 Å². The average Bonchev–Trinajstić information content (AvgIpc) is 2.49. The van der Waals surface area contributed by atoms with Crippen LogP contribution in [0, 0.1) is 12.8 Å². The van der Waals surface area contributed by atoms with Gasteiger partial charge in [-0.05, 0) is 37.0 Å². The summed E-state index contributed by atoms with van der Waals surface area (Å²) in [4.78, 5) is 23.3. The highest BCUT2D eigenvalue weighted by Crippen LogP contribution is 2.28. The van der Waals surface area contributed by atoms with Gasteiger partial charge in [0, 0.05) is 4.47 Å². The van der Waals surface area contributed by atoms with E-state index in [4.69, 9.17) is 4.74 Å². The molecule has 0 amide bonds. The van der Waals surface area contributed by atoms with Crippen molar-refractivity contribution >= 4 is 27.9 Å². The number of hydrogen-bond acceptors (Lipinski definition) is 5. The van der Waals surface area contributed by atoms with Gasteiger partial charge in [0.15, 0.2) is 5.92 Å². The zero-order valence-corrected chi connectivity index (χ0v) is 14.2. The molecule has 0 unspecified atom stereocenters. The summed E-state index contributed by atoms with van der Waals surface area (Å²) in [6, 6.07) is 3.84. The van der Waals surface area contributed by atoms with Crippen LogP contribution in [0.15, 0.2) is 16.6 Å². The molecule has 0 N–H and O–H groups in total. The van der Waals surface area contributed by atoms with Crippen LogP contribution >= 0.6 is 15.9 Å². The molecule has 6 heteroatoms. The second-order valence-electron chi connectivity index (χ2n) is 4.55. The first-order valence-corrected chi connectivity index (χ1v) is 7.22. The Hall–Kier alpha value is -1.56. The number of benzene rings is 1. The van der Waals surface area contributed by atoms with Crippen molar-refractivity contribution in [3.05, 3.63) is 27.7 Å². The van der Waals surface area contributed by atoms with Crippen LogP contribution in [0.2, 0.25) is 0 Å². The quantitative estimate of drug-likeness (QED) is 0.577. The molecular formula is C15H19BrO5. The van der Waals surface area contributed by atoms with Crippen LogP contribution in [-0.2, 0) is 25.5 Å². The lowest BCUT2D eigenvalue weighted by molar-refractivity contribution is -0.159. The van der Waals surface area contributed by atoms with Gasteiger partial charge < -0.3 is 14.2 Å². The summed E-state index contributed by atoms with van der Waals surface area (Å²) in [5, 5.41) is 0. The molecule has 0 radical (unpaired) electrons. The number of ether oxygens (including phenoxy) is 3. The summed E-state index contributed by atoms with van der Waals surface area (Å²) in [7, 11) is 4.12. The number of hydrogen-bond donors (Lipinski definition) is 0. The lowest BCUT2D eigenvalue weighted by Gasteiger charge is -2.14. The molecule has 0 spiro atoms. The zero-order valence-electron chi connectivity index (χ0n) is 12.6. The van der Waals surface area contributed by atoms with Gasteiger partial charge in [-0.2, -0.15) is 0 Å². The molecule has 0 aliphatic rings. The summed E-state index contributed by atoms with van der Waals surface area (Å²) < 4.78 is 15.4. The van der Waals surface area contributed by atoms with Gasteiger partial charge in [-0.3, -0.25) is 9.59 Å². The standard InChI is InChI=1S/C15H19BrO5/c1-9-7-10(12(16)8-13(9)19-2)5-6-11(14(17)20-3)15(18)21-4/h7-8,11H,5-6H2,1-4H3. The fourth-order valence-corrected chi connectivity index (χ4v) is 2.57. The third kappa shape index (κ3) is 4.46. The van der Waals surface area contributed by atoms with Crippen molar-refractivity contribution in [3.63, 3.8) is 0 Å². The average molecular weight is 359 g/mol. The molecule has 21 heavy (non-hydrogen) atoms. The Morgan fingerprint density at radius 2 is 1.71 bits per heavy atom. The van der Waals surface area contributed by atoms with Crippen LogP contribution in [0.3, 0.4) is 0 Å². The molecule has 1 rings (SSSR count). The van der Waals surface area contributed by atoms with E-state index in [2.05, 4.69) is 25.4 Å². The monoisotopic (exact) mass is 358 g/mol. The molecule has 0 heterocycles. The molecule has 1 aromatic rings. The first-order chi connectivity index (χ1) is 9.94. The largest absolute Gasteiger partial charge is 0.496 e. The summed E-state index contributed by atoms with van der Waals surface area (Å²) in [5.74, 6) is -1.29. The Balaban J connectivity index is 2.88. The van der Waals surface area contributed by atoms with Crippen molar-refractivity contribution in [1.82, 2.24) is 0 Å². The molecule has 0 aliphatic heterocycles. The highest BCUT2D eigenvalue weighted by Gasteiger charge is 2.28. The van der Waals surface area contributed by atoms with E-state index in [-0.39, 0.29) is 0 Å². The predicted octanol–water partition coefficient (Wildman–Crippen LogP) is 2.66. The van der Waals surface area contributed by atoms with E-state index in [0.29, 0.717) is 12.8 Å². The minimum absolute atomic E-state index is 0.323. The maximum atomic E-state index is 11.6. The van der Waals surface area contributed by atoms with E-state index < -0.39 is 17.9 Å². The van der Waals surface area contributed by atoms with Crippen LogP contribution in [0.25, 0.3) is 0 Å². The van der Waals surface area contributed by atoms with E-state index in [1.165, 1.54) is 14.2 Å². The molecular weight excluding hydrogens is 340 g/mol. The summed E-state index contributed by atoms with van der Waals surface area (Å²) in [6.45, 7) is 1.94. The number of rotatable bonds is 6. The first-order valence-electron chi connectivity index (χ1n) is 6.43. The second-order valence-corrected chi connectivity index (χ2v) is 5.41. The molecule has 0 fully saturated rings. The first kappa shape index (κ1) is 17.5. The highest BCUT2D eigenvalue weighted by atomic mass is 79.9. The van der Waals surface area contributed by atoms with E-state index in [0.717, 1.165) is 21.3 Å². The third-order valence-corrected chi connectivity index (χ3v) is 3.98. The fraction of sp³-hybridized carbons (Fsp3) is 0.467. The second kappa shape index (κ2) is 8.02. The zero-order chi connectivity index (χ0) is 16.0. The summed E-state index contributed by atoms with van der Waals surface area (Å²) in [6.07, 6.45) is 0.865. The molecule has 0 saturated carbocycles. The van der Waals surface area contributed by atoms with E-state index in [9.17, 15) is 9.59 Å². The number of halogens is 1. The molecule has 116 valence electrons. The van der Waals surface area contributed by atoms with E-state index >= 15 is 0 Å². The topological polar surface area (TPSA) is 61.8 Å². The summed E-state index contributed by atoms with van der Waals surface area (Å²) in [5.41, 5.74) is 1.98. The number of carbonyl (C=O) groups excluding carboxylic acids is 2. The fourth-order valence-electron chi connectivity index (χ4n) is 2.05. The minimum Gasteiger partial charge on any atom is -0.496 e. The Kier molecular flexibility index (Phi) is 6.68. The van der Waals surface area contributed by atoms with Crippen molar-refractivity contribution in [2.24, 2.45) is 5.92 Å². The van der Waals surface area contributed by atoms with Crippen LogP contribution in [0.4, 0.5) is 0 Å². The van der Waals surface area contributed by atoms with Crippen molar-refractivity contribution in [2.45, 2.75) is 19.8 Å². The SMILES string of the molecule is COC(=O)C(CCc1cc(C)c(OC)cc1Br)C(=O)OC. The molecule has 0 atom stereocenters. The number of carbonyl (C=O) groups is 2. The van der Waals surface area contributed by atoms with Gasteiger partial charge in [-0.15, -0.1) is 0 Å². The molecule has 5 nitrogen and oxygen atoms in total. The van der Waals surface area contributed by atoms with Crippen LogP contribution in [0.1, 0.15) is 17.5 Å². The Morgan fingerprint density at radius 3 is 2.19 bits per heavy atom. The molecule has 0 saturated heterocycles. The lowest BCUT2D eigenvalue weighted by Crippen LogP contribution is -2.27. The van der Waals surface area contributed by atoms with Crippen molar-refractivity contribution in [3.8, 4) is 5.75 Å². The van der Waals surface area contributed by atoms with Gasteiger partial charge in [0.05, 0.1) is 21.3 Å². The maximum absolute atomic E-state index is 11.6. The van der Waals surface area contributed by atoms with Gasteiger partial charge in [-0.25, -0.2) is 0 Å². The van der Waals surface area contributed by atoms with Gasteiger partial charge in [0.1, 0.15) is 5.75 Å². The number of methoxy groups -OCH3 is 3. The minimum atomic E-state index is -0.908. The van der Waals surface area contributed by atoms with Crippen molar-refractivity contribution in [1.29, 1.82) is 0 Å². The van der Waals surface area contributed by atoms with Gasteiger partial charge >= 0.3 is 11.9 Å². The van der Waals surface area contributed by atoms with Crippen LogP contribution in [0.5, 0.6) is 5.75 Å². The van der Waals surface area contributed by atoms with Crippen molar-refractivity contribution < 1.29 is 23.8 Å². The van der Waals surface area contributed by atoms with Crippen LogP contribution < -0.4 is 4.74 Å². The Morgan fingerprint density at radius 1 is 1.14 bits per heavy atom.